The van der Waals surface area contributed by atoms with Crippen LogP contribution < -0.4 is 15.5 Å². The van der Waals surface area contributed by atoms with Gasteiger partial charge in [0.2, 0.25) is 17.8 Å². The zero-order valence-electron chi connectivity index (χ0n) is 16.8. The lowest BCUT2D eigenvalue weighted by molar-refractivity contribution is -0.125. The Morgan fingerprint density at radius 1 is 1.03 bits per heavy atom. The fourth-order valence-electron chi connectivity index (χ4n) is 3.58. The number of rotatable bonds is 3. The summed E-state index contributed by atoms with van der Waals surface area (Å²) in [7, 11) is 0. The van der Waals surface area contributed by atoms with Gasteiger partial charge in [-0.2, -0.15) is 0 Å². The molecule has 2 heterocycles. The van der Waals surface area contributed by atoms with Crippen LogP contribution in [0.3, 0.4) is 0 Å². The molecular weight excluding hydrogens is 385 g/mol. The third-order valence-corrected chi connectivity index (χ3v) is 5.30. The molecule has 8 heteroatoms. The molecule has 0 aromatic heterocycles. The van der Waals surface area contributed by atoms with Gasteiger partial charge in [-0.05, 0) is 43.3 Å². The van der Waals surface area contributed by atoms with E-state index in [1.807, 2.05) is 4.90 Å². The van der Waals surface area contributed by atoms with Crippen molar-refractivity contribution in [2.75, 3.05) is 36.4 Å². The van der Waals surface area contributed by atoms with Crippen LogP contribution in [0.1, 0.15) is 12.0 Å². The molecule has 1 saturated heterocycles. The zero-order chi connectivity index (χ0) is 21.1. The normalized spacial score (nSPS) is 19.2. The number of guanidine groups is 1. The molecule has 0 bridgehead atoms. The average Bonchev–Trinajstić information content (AvgIpc) is 2.75. The van der Waals surface area contributed by atoms with Crippen LogP contribution in [-0.2, 0) is 9.59 Å². The number of aliphatic imine (C=N–C) groups is 1. The summed E-state index contributed by atoms with van der Waals surface area (Å²) in [6.45, 7) is 5.04. The van der Waals surface area contributed by atoms with Gasteiger partial charge in [-0.3, -0.25) is 14.9 Å². The summed E-state index contributed by atoms with van der Waals surface area (Å²) in [5, 5.41) is 5.49. The summed E-state index contributed by atoms with van der Waals surface area (Å²) in [6.07, 6.45) is -0.0140. The van der Waals surface area contributed by atoms with E-state index in [4.69, 9.17) is 0 Å². The van der Waals surface area contributed by atoms with Crippen molar-refractivity contribution < 1.29 is 14.0 Å². The highest BCUT2D eigenvalue weighted by Crippen LogP contribution is 2.18. The van der Waals surface area contributed by atoms with E-state index in [0.717, 1.165) is 13.1 Å². The van der Waals surface area contributed by atoms with E-state index in [1.165, 1.54) is 35.5 Å². The maximum absolute atomic E-state index is 13.0. The Morgan fingerprint density at radius 3 is 2.33 bits per heavy atom. The largest absolute Gasteiger partial charge is 0.368 e. The fourth-order valence-corrected chi connectivity index (χ4v) is 3.58. The van der Waals surface area contributed by atoms with Crippen LogP contribution in [0, 0.1) is 12.7 Å². The highest BCUT2D eigenvalue weighted by molar-refractivity contribution is 6.06. The first-order valence-corrected chi connectivity index (χ1v) is 9.98. The van der Waals surface area contributed by atoms with Crippen molar-refractivity contribution in [1.82, 2.24) is 10.2 Å². The number of anilines is 2. The van der Waals surface area contributed by atoms with E-state index in [0.29, 0.717) is 24.7 Å². The van der Waals surface area contributed by atoms with Crippen LogP contribution >= 0.6 is 0 Å². The number of halogens is 1. The second kappa shape index (κ2) is 8.52. The van der Waals surface area contributed by atoms with Crippen LogP contribution in [0.4, 0.5) is 15.8 Å². The molecule has 2 amide bonds. The third-order valence-electron chi connectivity index (χ3n) is 5.30. The number of piperazine rings is 1. The van der Waals surface area contributed by atoms with E-state index in [9.17, 15) is 14.0 Å². The molecule has 156 valence electrons. The maximum atomic E-state index is 13.0. The number of nitrogens with zero attached hydrogens (tertiary/aromatic N) is 3. The first-order valence-electron chi connectivity index (χ1n) is 9.98. The lowest BCUT2D eigenvalue weighted by Crippen LogP contribution is -2.56. The van der Waals surface area contributed by atoms with Gasteiger partial charge >= 0.3 is 0 Å². The first kappa shape index (κ1) is 19.9. The number of nitrogens with one attached hydrogen (secondary N) is 2. The molecular formula is C22H24FN5O2. The molecule has 0 aliphatic carbocycles. The molecule has 30 heavy (non-hydrogen) atoms. The molecule has 4 rings (SSSR count). The molecule has 0 radical (unpaired) electrons. The van der Waals surface area contributed by atoms with E-state index >= 15 is 0 Å². The van der Waals surface area contributed by atoms with Crippen molar-refractivity contribution in [3.8, 4) is 0 Å². The van der Waals surface area contributed by atoms with Crippen LogP contribution in [-0.4, -0.2) is 54.9 Å². The Balaban J connectivity index is 1.40. The molecule has 1 atom stereocenters. The third kappa shape index (κ3) is 4.59. The van der Waals surface area contributed by atoms with Gasteiger partial charge in [0.25, 0.3) is 0 Å². The monoisotopic (exact) mass is 409 g/mol. The number of hydrogen-bond acceptors (Lipinski definition) is 5. The van der Waals surface area contributed by atoms with Gasteiger partial charge in [-0.15, -0.1) is 0 Å². The Morgan fingerprint density at radius 2 is 1.67 bits per heavy atom. The lowest BCUT2D eigenvalue weighted by Gasteiger charge is -2.38. The highest BCUT2D eigenvalue weighted by atomic mass is 19.1. The molecule has 2 aliphatic rings. The number of hydrogen-bond donors (Lipinski definition) is 2. The Hall–Kier alpha value is -3.42. The van der Waals surface area contributed by atoms with E-state index in [2.05, 4.69) is 51.7 Å². The standard InChI is InChI=1S/C22H24FN5O2/c1-15-2-8-18(9-3-15)27-10-12-28(13-11-27)22-25-19(14-20(29)26-22)21(30)24-17-6-4-16(23)5-7-17/h2-9,19H,10-14H2,1H3,(H,24,30)(H,25,26,29)/t19-/m0/s1. The number of benzene rings is 2. The number of carbonyl (C=O) groups excluding carboxylic acids is 2. The SMILES string of the molecule is Cc1ccc(N2CCN(C3=N[C@H](C(=O)Nc4ccc(F)cc4)CC(=O)N3)CC2)cc1. The summed E-state index contributed by atoms with van der Waals surface area (Å²) >= 11 is 0. The van der Waals surface area contributed by atoms with Crippen molar-refractivity contribution in [2.45, 2.75) is 19.4 Å². The molecule has 0 saturated carbocycles. The van der Waals surface area contributed by atoms with Gasteiger partial charge < -0.3 is 15.1 Å². The molecule has 0 spiro atoms. The zero-order valence-corrected chi connectivity index (χ0v) is 16.8. The van der Waals surface area contributed by atoms with Crippen molar-refractivity contribution in [1.29, 1.82) is 0 Å². The number of carbonyl (C=O) groups is 2. The summed E-state index contributed by atoms with van der Waals surface area (Å²) in [5.74, 6) is -0.559. The summed E-state index contributed by atoms with van der Waals surface area (Å²) in [4.78, 5) is 33.5. The van der Waals surface area contributed by atoms with Gasteiger partial charge in [-0.1, -0.05) is 17.7 Å². The van der Waals surface area contributed by atoms with Crippen molar-refractivity contribution >= 4 is 29.1 Å². The van der Waals surface area contributed by atoms with Crippen molar-refractivity contribution in [3.05, 3.63) is 59.9 Å². The van der Waals surface area contributed by atoms with Crippen molar-refractivity contribution in [3.63, 3.8) is 0 Å². The number of amides is 2. The fraction of sp³-hybridized carbons (Fsp3) is 0.318. The molecule has 2 aromatic rings. The van der Waals surface area contributed by atoms with Crippen LogP contribution in [0.2, 0.25) is 0 Å². The second-order valence-corrected chi connectivity index (χ2v) is 7.53. The predicted octanol–water partition coefficient (Wildman–Crippen LogP) is 2.14. The number of aryl methyl sites for hydroxylation is 1. The topological polar surface area (TPSA) is 77.0 Å². The molecule has 1 fully saturated rings. The quantitative estimate of drug-likeness (QED) is 0.814. The molecule has 0 unspecified atom stereocenters. The van der Waals surface area contributed by atoms with Gasteiger partial charge in [0.05, 0.1) is 6.42 Å². The maximum Gasteiger partial charge on any atom is 0.249 e. The Bertz CT molecular complexity index is 950. The summed E-state index contributed by atoms with van der Waals surface area (Å²) < 4.78 is 13.0. The van der Waals surface area contributed by atoms with Crippen LogP contribution in [0.15, 0.2) is 53.5 Å². The molecule has 2 N–H and O–H groups in total. The average molecular weight is 409 g/mol. The summed E-state index contributed by atoms with van der Waals surface area (Å²) in [5.41, 5.74) is 2.86. The van der Waals surface area contributed by atoms with E-state index in [-0.39, 0.29) is 24.1 Å². The van der Waals surface area contributed by atoms with Gasteiger partial charge in [0.15, 0.2) is 0 Å². The minimum Gasteiger partial charge on any atom is -0.368 e. The van der Waals surface area contributed by atoms with Gasteiger partial charge in [0.1, 0.15) is 11.9 Å². The second-order valence-electron chi connectivity index (χ2n) is 7.53. The Labute approximate surface area is 174 Å². The van der Waals surface area contributed by atoms with Gasteiger partial charge in [-0.25, -0.2) is 9.38 Å². The first-order chi connectivity index (χ1) is 14.5. The minimum atomic E-state index is -0.811. The van der Waals surface area contributed by atoms with Crippen LogP contribution in [0.5, 0.6) is 0 Å². The predicted molar refractivity (Wildman–Crippen MR) is 114 cm³/mol. The van der Waals surface area contributed by atoms with Crippen LogP contribution in [0.25, 0.3) is 0 Å². The Kier molecular flexibility index (Phi) is 5.65. The van der Waals surface area contributed by atoms with Crippen molar-refractivity contribution in [2.24, 2.45) is 4.99 Å². The smallest absolute Gasteiger partial charge is 0.249 e. The molecule has 7 nitrogen and oxygen atoms in total. The summed E-state index contributed by atoms with van der Waals surface area (Å²) in [6, 6.07) is 13.1. The lowest BCUT2D eigenvalue weighted by atomic mass is 10.1. The van der Waals surface area contributed by atoms with E-state index < -0.39 is 6.04 Å². The molecule has 2 aromatic carbocycles. The highest BCUT2D eigenvalue weighted by Gasteiger charge is 2.30. The van der Waals surface area contributed by atoms with Gasteiger partial charge in [0, 0.05) is 37.6 Å². The van der Waals surface area contributed by atoms with E-state index in [1.54, 1.807) is 0 Å². The molecule has 2 aliphatic heterocycles. The minimum absolute atomic E-state index is 0.0140.